The number of hydrogen-bond acceptors (Lipinski definition) is 4. The van der Waals surface area contributed by atoms with E-state index < -0.39 is 0 Å². The van der Waals surface area contributed by atoms with Crippen LogP contribution in [0.1, 0.15) is 85.9 Å². The number of allylic oxidation sites excluding steroid dienone is 4. The molecule has 6 nitrogen and oxygen atoms in total. The Hall–Kier alpha value is -4.23. The SMILES string of the molecule is C=CC1=C(/C=C\C)N(C(=O)c2ccc(NC(=O)c3ccccc3C(C)C)cc2)CCc2cc(C(=O)NC3CC3)sc21. The molecular weight excluding hydrogens is 530 g/mol. The van der Waals surface area contributed by atoms with Gasteiger partial charge in [0.15, 0.2) is 0 Å². The van der Waals surface area contributed by atoms with Crippen LogP contribution in [0.3, 0.4) is 0 Å². The monoisotopic (exact) mass is 565 g/mol. The maximum Gasteiger partial charge on any atom is 0.261 e. The molecule has 2 heterocycles. The first-order valence-corrected chi connectivity index (χ1v) is 14.9. The molecule has 41 heavy (non-hydrogen) atoms. The highest BCUT2D eigenvalue weighted by Gasteiger charge is 2.29. The molecule has 1 saturated carbocycles. The summed E-state index contributed by atoms with van der Waals surface area (Å²) in [4.78, 5) is 43.0. The lowest BCUT2D eigenvalue weighted by molar-refractivity contribution is 0.0813. The van der Waals surface area contributed by atoms with Crippen molar-refractivity contribution in [3.8, 4) is 0 Å². The summed E-state index contributed by atoms with van der Waals surface area (Å²) in [5.41, 5.74) is 5.41. The zero-order chi connectivity index (χ0) is 29.1. The molecule has 2 N–H and O–H groups in total. The number of rotatable bonds is 8. The second-order valence-electron chi connectivity index (χ2n) is 10.7. The summed E-state index contributed by atoms with van der Waals surface area (Å²) in [6.07, 6.45) is 8.30. The predicted octanol–water partition coefficient (Wildman–Crippen LogP) is 7.19. The predicted molar refractivity (Wildman–Crippen MR) is 166 cm³/mol. The van der Waals surface area contributed by atoms with Crippen LogP contribution in [0, 0.1) is 0 Å². The molecule has 3 amide bonds. The van der Waals surface area contributed by atoms with Gasteiger partial charge in [-0.05, 0) is 85.7 Å². The molecule has 0 spiro atoms. The number of hydrogen-bond donors (Lipinski definition) is 2. The molecule has 2 aromatic carbocycles. The normalized spacial score (nSPS) is 15.1. The van der Waals surface area contributed by atoms with E-state index in [0.29, 0.717) is 40.7 Å². The molecule has 0 radical (unpaired) electrons. The van der Waals surface area contributed by atoms with Crippen LogP contribution in [0.25, 0.3) is 5.57 Å². The van der Waals surface area contributed by atoms with Crippen LogP contribution in [-0.2, 0) is 6.42 Å². The fourth-order valence-corrected chi connectivity index (χ4v) is 6.22. The van der Waals surface area contributed by atoms with E-state index in [2.05, 4.69) is 31.1 Å². The van der Waals surface area contributed by atoms with Gasteiger partial charge in [-0.2, -0.15) is 0 Å². The summed E-state index contributed by atoms with van der Waals surface area (Å²) in [5.74, 6) is -0.121. The van der Waals surface area contributed by atoms with E-state index >= 15 is 0 Å². The highest BCUT2D eigenvalue weighted by Crippen LogP contribution is 2.37. The molecule has 1 aliphatic carbocycles. The Morgan fingerprint density at radius 1 is 1.05 bits per heavy atom. The Morgan fingerprint density at radius 3 is 2.44 bits per heavy atom. The lowest BCUT2D eigenvalue weighted by Gasteiger charge is -2.24. The average molecular weight is 566 g/mol. The second kappa shape index (κ2) is 12.1. The van der Waals surface area contributed by atoms with Crippen LogP contribution in [-0.4, -0.2) is 35.2 Å². The zero-order valence-electron chi connectivity index (χ0n) is 23.7. The maximum absolute atomic E-state index is 13.8. The van der Waals surface area contributed by atoms with Crippen molar-refractivity contribution in [2.75, 3.05) is 11.9 Å². The number of benzene rings is 2. The van der Waals surface area contributed by atoms with Gasteiger partial charge in [0.1, 0.15) is 0 Å². The van der Waals surface area contributed by atoms with E-state index in [1.54, 1.807) is 35.2 Å². The number of fused-ring (bicyclic) bond motifs is 1. The first-order valence-electron chi connectivity index (χ1n) is 14.1. The van der Waals surface area contributed by atoms with Crippen LogP contribution >= 0.6 is 11.3 Å². The zero-order valence-corrected chi connectivity index (χ0v) is 24.5. The third kappa shape index (κ3) is 6.10. The standard InChI is InChI=1S/C34H35N3O3S/c1-5-9-29-26(6-2)31-23(20-30(41-31)33(39)36-25-16-17-25)18-19-37(29)34(40)22-12-14-24(15-13-22)35-32(38)28-11-8-7-10-27(28)21(3)4/h5-15,20-21,25H,2,16-19H2,1,3-4H3,(H,35,38)(H,36,39)/b9-5-. The summed E-state index contributed by atoms with van der Waals surface area (Å²) in [5, 5.41) is 6.03. The van der Waals surface area contributed by atoms with Crippen LogP contribution in [0.4, 0.5) is 5.69 Å². The number of carbonyl (C=O) groups is 3. The lowest BCUT2D eigenvalue weighted by atomic mass is 9.97. The Kier molecular flexibility index (Phi) is 8.36. The number of nitrogens with one attached hydrogen (secondary N) is 2. The molecule has 1 aromatic heterocycles. The van der Waals surface area contributed by atoms with Gasteiger partial charge in [-0.3, -0.25) is 14.4 Å². The van der Waals surface area contributed by atoms with E-state index in [4.69, 9.17) is 0 Å². The molecule has 0 unspecified atom stereocenters. The Balaban J connectivity index is 1.38. The molecule has 0 saturated heterocycles. The molecule has 2 aliphatic rings. The van der Waals surface area contributed by atoms with Gasteiger partial charge in [-0.25, -0.2) is 0 Å². The van der Waals surface area contributed by atoms with Crippen molar-refractivity contribution >= 4 is 40.3 Å². The van der Waals surface area contributed by atoms with Gasteiger partial charge in [0.05, 0.1) is 10.6 Å². The van der Waals surface area contributed by atoms with Gasteiger partial charge in [0.25, 0.3) is 17.7 Å². The quantitative estimate of drug-likeness (QED) is 0.304. The average Bonchev–Trinajstić information content (AvgIpc) is 3.72. The van der Waals surface area contributed by atoms with Crippen molar-refractivity contribution in [2.24, 2.45) is 0 Å². The third-order valence-corrected chi connectivity index (χ3v) is 8.56. The smallest absolute Gasteiger partial charge is 0.261 e. The minimum absolute atomic E-state index is 0.0330. The Morgan fingerprint density at radius 2 is 1.78 bits per heavy atom. The fraction of sp³-hybridized carbons (Fsp3) is 0.265. The number of amides is 3. The highest BCUT2D eigenvalue weighted by atomic mass is 32.1. The minimum atomic E-state index is -0.175. The van der Waals surface area contributed by atoms with Crippen molar-refractivity contribution in [3.05, 3.63) is 117 Å². The fourth-order valence-electron chi connectivity index (χ4n) is 5.06. The van der Waals surface area contributed by atoms with Crippen LogP contribution < -0.4 is 10.6 Å². The third-order valence-electron chi connectivity index (χ3n) is 7.35. The number of anilines is 1. The van der Waals surface area contributed by atoms with Gasteiger partial charge in [0, 0.05) is 39.9 Å². The first kappa shape index (κ1) is 28.3. The minimum Gasteiger partial charge on any atom is -0.349 e. The van der Waals surface area contributed by atoms with Gasteiger partial charge in [0.2, 0.25) is 0 Å². The molecule has 0 bridgehead atoms. The summed E-state index contributed by atoms with van der Waals surface area (Å²) >= 11 is 1.45. The first-order chi connectivity index (χ1) is 19.8. The van der Waals surface area contributed by atoms with Crippen molar-refractivity contribution < 1.29 is 14.4 Å². The molecule has 7 heteroatoms. The van der Waals surface area contributed by atoms with E-state index in [0.717, 1.165) is 40.1 Å². The van der Waals surface area contributed by atoms with E-state index in [1.807, 2.05) is 49.4 Å². The lowest BCUT2D eigenvalue weighted by Crippen LogP contribution is -2.31. The van der Waals surface area contributed by atoms with E-state index in [-0.39, 0.29) is 23.6 Å². The molecule has 210 valence electrons. The Labute approximate surface area is 245 Å². The van der Waals surface area contributed by atoms with Crippen molar-refractivity contribution in [1.82, 2.24) is 10.2 Å². The molecule has 1 fully saturated rings. The summed E-state index contributed by atoms with van der Waals surface area (Å²) in [6, 6.07) is 16.9. The maximum atomic E-state index is 13.8. The molecule has 3 aromatic rings. The molecule has 1 aliphatic heterocycles. The van der Waals surface area contributed by atoms with Gasteiger partial charge >= 0.3 is 0 Å². The number of carbonyl (C=O) groups excluding carboxylic acids is 3. The van der Waals surface area contributed by atoms with Crippen molar-refractivity contribution in [2.45, 2.75) is 52.0 Å². The second-order valence-corrected chi connectivity index (χ2v) is 11.7. The van der Waals surface area contributed by atoms with Crippen LogP contribution in [0.5, 0.6) is 0 Å². The topological polar surface area (TPSA) is 78.5 Å². The van der Waals surface area contributed by atoms with Crippen LogP contribution in [0.2, 0.25) is 0 Å². The van der Waals surface area contributed by atoms with E-state index in [9.17, 15) is 14.4 Å². The van der Waals surface area contributed by atoms with Gasteiger partial charge in [-0.1, -0.05) is 50.8 Å². The van der Waals surface area contributed by atoms with Gasteiger partial charge < -0.3 is 15.5 Å². The molecule has 5 rings (SSSR count). The van der Waals surface area contributed by atoms with E-state index in [1.165, 1.54) is 11.3 Å². The van der Waals surface area contributed by atoms with Crippen LogP contribution in [0.15, 0.2) is 85.1 Å². The van der Waals surface area contributed by atoms with Gasteiger partial charge in [-0.15, -0.1) is 11.3 Å². The summed E-state index contributed by atoms with van der Waals surface area (Å²) < 4.78 is 0. The highest BCUT2D eigenvalue weighted by molar-refractivity contribution is 7.15. The van der Waals surface area contributed by atoms with Crippen molar-refractivity contribution in [1.29, 1.82) is 0 Å². The molecule has 0 atom stereocenters. The largest absolute Gasteiger partial charge is 0.349 e. The number of nitrogens with zero attached hydrogens (tertiary/aromatic N) is 1. The summed E-state index contributed by atoms with van der Waals surface area (Å²) in [6.45, 7) is 10.6. The number of thiophene rings is 1. The Bertz CT molecular complexity index is 1560. The summed E-state index contributed by atoms with van der Waals surface area (Å²) in [7, 11) is 0. The van der Waals surface area contributed by atoms with Crippen molar-refractivity contribution in [3.63, 3.8) is 0 Å². The molecular formula is C34H35N3O3S.